The molecule has 0 bridgehead atoms. The van der Waals surface area contributed by atoms with Crippen LogP contribution in [0.2, 0.25) is 0 Å². The second-order valence-corrected chi connectivity index (χ2v) is 9.13. The summed E-state index contributed by atoms with van der Waals surface area (Å²) in [7, 11) is -3.35. The Kier molecular flexibility index (Phi) is 5.62. The first-order valence-electron chi connectivity index (χ1n) is 9.14. The summed E-state index contributed by atoms with van der Waals surface area (Å²) in [5, 5.41) is 4.77. The van der Waals surface area contributed by atoms with Crippen LogP contribution in [0.3, 0.4) is 0 Å². The number of sulfonamides is 1. The van der Waals surface area contributed by atoms with Gasteiger partial charge in [-0.2, -0.15) is 5.10 Å². The van der Waals surface area contributed by atoms with E-state index >= 15 is 0 Å². The van der Waals surface area contributed by atoms with Crippen molar-refractivity contribution in [3.63, 3.8) is 0 Å². The minimum absolute atomic E-state index is 0.000344. The van der Waals surface area contributed by atoms with Crippen LogP contribution in [0.1, 0.15) is 75.7 Å². The number of nitrogens with zero attached hydrogens (tertiary/aromatic N) is 2. The molecule has 2 aliphatic rings. The van der Waals surface area contributed by atoms with E-state index in [0.717, 1.165) is 25.0 Å². The standard InChI is InChI=1S/C17H29N3O3S/c1-13(2)23-10-11-24(21,22)19-16-9-5-6-14-12-20(18-17(14)16)15-7-3-4-8-15/h12-13,15-16,19H,3-11H2,1-2H3. The number of ether oxygens (including phenoxy) is 1. The number of aryl methyl sites for hydroxylation is 1. The highest BCUT2D eigenvalue weighted by Gasteiger charge is 2.29. The van der Waals surface area contributed by atoms with E-state index in [9.17, 15) is 8.42 Å². The predicted molar refractivity (Wildman–Crippen MR) is 93.4 cm³/mol. The summed E-state index contributed by atoms with van der Waals surface area (Å²) in [4.78, 5) is 0. The third kappa shape index (κ3) is 4.37. The van der Waals surface area contributed by atoms with Crippen molar-refractivity contribution in [3.05, 3.63) is 17.5 Å². The van der Waals surface area contributed by atoms with Crippen LogP contribution in [0.4, 0.5) is 0 Å². The Labute approximate surface area is 145 Å². The van der Waals surface area contributed by atoms with Gasteiger partial charge in [0.05, 0.1) is 36.2 Å². The topological polar surface area (TPSA) is 73.2 Å². The fourth-order valence-electron chi connectivity index (χ4n) is 3.70. The summed E-state index contributed by atoms with van der Waals surface area (Å²) >= 11 is 0. The van der Waals surface area contributed by atoms with E-state index in [-0.39, 0.29) is 24.5 Å². The van der Waals surface area contributed by atoms with Gasteiger partial charge in [-0.15, -0.1) is 0 Å². The summed E-state index contributed by atoms with van der Waals surface area (Å²) in [5.41, 5.74) is 2.14. The van der Waals surface area contributed by atoms with Gasteiger partial charge in [0.2, 0.25) is 10.0 Å². The lowest BCUT2D eigenvalue weighted by Crippen LogP contribution is -2.34. The maximum absolute atomic E-state index is 12.3. The largest absolute Gasteiger partial charge is 0.378 e. The summed E-state index contributed by atoms with van der Waals surface area (Å²) in [5.74, 6) is 0.000344. The Morgan fingerprint density at radius 2 is 2.04 bits per heavy atom. The molecule has 0 spiro atoms. The van der Waals surface area contributed by atoms with Crippen LogP contribution in [0, 0.1) is 0 Å². The van der Waals surface area contributed by atoms with Crippen LogP contribution in [0.25, 0.3) is 0 Å². The number of fused-ring (bicyclic) bond motifs is 1. The van der Waals surface area contributed by atoms with E-state index in [1.165, 1.54) is 31.2 Å². The van der Waals surface area contributed by atoms with Gasteiger partial charge in [0.1, 0.15) is 0 Å². The van der Waals surface area contributed by atoms with E-state index in [4.69, 9.17) is 9.84 Å². The van der Waals surface area contributed by atoms with Crippen molar-refractivity contribution in [1.29, 1.82) is 0 Å². The number of aromatic nitrogens is 2. The van der Waals surface area contributed by atoms with Crippen LogP contribution in [-0.4, -0.2) is 36.7 Å². The minimum Gasteiger partial charge on any atom is -0.378 e. The van der Waals surface area contributed by atoms with E-state index < -0.39 is 10.0 Å². The second kappa shape index (κ2) is 7.54. The van der Waals surface area contributed by atoms with E-state index in [0.29, 0.717) is 6.04 Å². The SMILES string of the molecule is CC(C)OCCS(=O)(=O)NC1CCCc2cn(C3CCCC3)nc21. The van der Waals surface area contributed by atoms with Crippen molar-refractivity contribution in [2.75, 3.05) is 12.4 Å². The van der Waals surface area contributed by atoms with Crippen molar-refractivity contribution in [2.24, 2.45) is 0 Å². The summed E-state index contributed by atoms with van der Waals surface area (Å²) in [6.45, 7) is 4.04. The first-order valence-corrected chi connectivity index (χ1v) is 10.8. The molecule has 1 saturated carbocycles. The normalized spacial score (nSPS) is 22.2. The summed E-state index contributed by atoms with van der Waals surface area (Å²) in [6.07, 6.45) is 9.90. The third-order valence-corrected chi connectivity index (χ3v) is 6.28. The molecule has 1 unspecified atom stereocenters. The average molecular weight is 356 g/mol. The van der Waals surface area contributed by atoms with E-state index in [2.05, 4.69) is 15.6 Å². The zero-order valence-electron chi connectivity index (χ0n) is 14.7. The monoisotopic (exact) mass is 355 g/mol. The Morgan fingerprint density at radius 1 is 1.29 bits per heavy atom. The van der Waals surface area contributed by atoms with Crippen LogP contribution in [0.5, 0.6) is 0 Å². The number of hydrogen-bond acceptors (Lipinski definition) is 4. The van der Waals surface area contributed by atoms with Gasteiger partial charge in [-0.3, -0.25) is 4.68 Å². The molecule has 24 heavy (non-hydrogen) atoms. The lowest BCUT2D eigenvalue weighted by molar-refractivity contribution is 0.0911. The molecule has 7 heteroatoms. The van der Waals surface area contributed by atoms with Crippen molar-refractivity contribution in [3.8, 4) is 0 Å². The predicted octanol–water partition coefficient (Wildman–Crippen LogP) is 2.72. The van der Waals surface area contributed by atoms with Gasteiger partial charge < -0.3 is 4.74 Å². The molecular formula is C17H29N3O3S. The van der Waals surface area contributed by atoms with Gasteiger partial charge in [0, 0.05) is 6.20 Å². The van der Waals surface area contributed by atoms with E-state index in [1.807, 2.05) is 13.8 Å². The zero-order valence-corrected chi connectivity index (χ0v) is 15.5. The van der Waals surface area contributed by atoms with Gasteiger partial charge >= 0.3 is 0 Å². The molecule has 0 radical (unpaired) electrons. The first-order chi connectivity index (χ1) is 11.4. The average Bonchev–Trinajstić information content (AvgIpc) is 3.15. The van der Waals surface area contributed by atoms with Crippen molar-refractivity contribution in [2.45, 2.75) is 77.0 Å². The molecule has 1 heterocycles. The molecule has 0 saturated heterocycles. The second-order valence-electron chi connectivity index (χ2n) is 7.26. The molecule has 0 amide bonds. The van der Waals surface area contributed by atoms with Gasteiger partial charge in [-0.05, 0) is 51.5 Å². The van der Waals surface area contributed by atoms with E-state index in [1.54, 1.807) is 0 Å². The summed E-state index contributed by atoms with van der Waals surface area (Å²) in [6, 6.07) is 0.299. The fourth-order valence-corrected chi connectivity index (χ4v) is 4.80. The van der Waals surface area contributed by atoms with Gasteiger partial charge in [-0.1, -0.05) is 12.8 Å². The van der Waals surface area contributed by atoms with Crippen LogP contribution < -0.4 is 4.72 Å². The molecule has 1 aromatic rings. The molecule has 1 aromatic heterocycles. The molecule has 3 rings (SSSR count). The first kappa shape index (κ1) is 17.9. The maximum atomic E-state index is 12.3. The molecular weight excluding hydrogens is 326 g/mol. The molecule has 0 aliphatic heterocycles. The highest BCUT2D eigenvalue weighted by atomic mass is 32.2. The quantitative estimate of drug-likeness (QED) is 0.816. The Morgan fingerprint density at radius 3 is 2.75 bits per heavy atom. The molecule has 136 valence electrons. The highest BCUT2D eigenvalue weighted by molar-refractivity contribution is 7.89. The lowest BCUT2D eigenvalue weighted by atomic mass is 9.94. The van der Waals surface area contributed by atoms with Crippen molar-refractivity contribution < 1.29 is 13.2 Å². The summed E-state index contributed by atoms with van der Waals surface area (Å²) < 4.78 is 35.0. The van der Waals surface area contributed by atoms with Crippen LogP contribution in [-0.2, 0) is 21.2 Å². The lowest BCUT2D eigenvalue weighted by Gasteiger charge is -2.22. The zero-order chi connectivity index (χ0) is 17.2. The number of hydrogen-bond donors (Lipinski definition) is 1. The van der Waals surface area contributed by atoms with Gasteiger partial charge in [0.25, 0.3) is 0 Å². The third-order valence-electron chi connectivity index (χ3n) is 4.93. The van der Waals surface area contributed by atoms with Crippen molar-refractivity contribution >= 4 is 10.0 Å². The highest BCUT2D eigenvalue weighted by Crippen LogP contribution is 2.34. The van der Waals surface area contributed by atoms with Gasteiger partial charge in [-0.25, -0.2) is 13.1 Å². The van der Waals surface area contributed by atoms with Crippen LogP contribution in [0.15, 0.2) is 6.20 Å². The smallest absolute Gasteiger partial charge is 0.214 e. The molecule has 0 aromatic carbocycles. The number of rotatable bonds is 7. The minimum atomic E-state index is -3.35. The molecule has 1 atom stereocenters. The molecule has 1 fully saturated rings. The van der Waals surface area contributed by atoms with Crippen LogP contribution >= 0.6 is 0 Å². The van der Waals surface area contributed by atoms with Crippen molar-refractivity contribution in [1.82, 2.24) is 14.5 Å². The number of nitrogens with one attached hydrogen (secondary N) is 1. The Hall–Kier alpha value is -0.920. The maximum Gasteiger partial charge on any atom is 0.214 e. The Bertz CT molecular complexity index is 648. The molecule has 6 nitrogen and oxygen atoms in total. The molecule has 1 N–H and O–H groups in total. The Balaban J connectivity index is 1.67. The fraction of sp³-hybridized carbons (Fsp3) is 0.824. The molecule has 2 aliphatic carbocycles. The van der Waals surface area contributed by atoms with Gasteiger partial charge in [0.15, 0.2) is 0 Å².